The van der Waals surface area contributed by atoms with Gasteiger partial charge in [0.1, 0.15) is 6.10 Å². The van der Waals surface area contributed by atoms with Gasteiger partial charge in [-0.3, -0.25) is 4.79 Å². The van der Waals surface area contributed by atoms with E-state index < -0.39 is 0 Å². The SMILES string of the molecule is CC(C)CC1CC(=O)OC1CC(C)(C)C. The minimum atomic E-state index is -0.00472. The van der Waals surface area contributed by atoms with E-state index in [-0.39, 0.29) is 17.5 Å². The van der Waals surface area contributed by atoms with Crippen molar-refractivity contribution >= 4 is 5.97 Å². The summed E-state index contributed by atoms with van der Waals surface area (Å²) in [4.78, 5) is 11.3. The summed E-state index contributed by atoms with van der Waals surface area (Å²) in [7, 11) is 0. The van der Waals surface area contributed by atoms with Crippen molar-refractivity contribution in [2.45, 2.75) is 60.0 Å². The molecule has 2 heteroatoms. The van der Waals surface area contributed by atoms with E-state index in [9.17, 15) is 4.79 Å². The van der Waals surface area contributed by atoms with Crippen LogP contribution in [0.1, 0.15) is 53.9 Å². The van der Waals surface area contributed by atoms with Crippen LogP contribution in [0, 0.1) is 17.3 Å². The van der Waals surface area contributed by atoms with Crippen LogP contribution >= 0.6 is 0 Å². The van der Waals surface area contributed by atoms with Crippen molar-refractivity contribution in [2.24, 2.45) is 17.3 Å². The van der Waals surface area contributed by atoms with Gasteiger partial charge in [0, 0.05) is 5.92 Å². The summed E-state index contributed by atoms with van der Waals surface area (Å²) in [6.45, 7) is 11.0. The first-order chi connectivity index (χ1) is 6.78. The highest BCUT2D eigenvalue weighted by molar-refractivity contribution is 5.72. The molecule has 1 fully saturated rings. The first-order valence-electron chi connectivity index (χ1n) is 5.97. The second kappa shape index (κ2) is 4.54. The first-order valence-corrected chi connectivity index (χ1v) is 5.97. The van der Waals surface area contributed by atoms with Crippen LogP contribution in [0.15, 0.2) is 0 Å². The molecule has 0 aromatic heterocycles. The zero-order valence-corrected chi connectivity index (χ0v) is 10.7. The summed E-state index contributed by atoms with van der Waals surface area (Å²) in [6, 6.07) is 0. The Hall–Kier alpha value is -0.530. The predicted molar refractivity (Wildman–Crippen MR) is 61.5 cm³/mol. The number of hydrogen-bond acceptors (Lipinski definition) is 2. The monoisotopic (exact) mass is 212 g/mol. The summed E-state index contributed by atoms with van der Waals surface area (Å²) in [6.07, 6.45) is 2.86. The maximum absolute atomic E-state index is 11.3. The van der Waals surface area contributed by atoms with E-state index in [2.05, 4.69) is 34.6 Å². The van der Waals surface area contributed by atoms with E-state index in [1.165, 1.54) is 0 Å². The highest BCUT2D eigenvalue weighted by atomic mass is 16.5. The fourth-order valence-electron chi connectivity index (χ4n) is 2.31. The lowest BCUT2D eigenvalue weighted by molar-refractivity contribution is -0.142. The topological polar surface area (TPSA) is 26.3 Å². The van der Waals surface area contributed by atoms with Crippen LogP contribution in [0.5, 0.6) is 0 Å². The molecule has 0 aromatic rings. The number of rotatable bonds is 3. The van der Waals surface area contributed by atoms with Crippen LogP contribution in [-0.2, 0) is 9.53 Å². The molecule has 0 spiro atoms. The molecule has 1 heterocycles. The smallest absolute Gasteiger partial charge is 0.306 e. The van der Waals surface area contributed by atoms with Gasteiger partial charge in [0.05, 0.1) is 6.42 Å². The van der Waals surface area contributed by atoms with Gasteiger partial charge in [0.15, 0.2) is 0 Å². The Balaban J connectivity index is 2.57. The van der Waals surface area contributed by atoms with Crippen molar-refractivity contribution in [1.82, 2.24) is 0 Å². The van der Waals surface area contributed by atoms with Gasteiger partial charge >= 0.3 is 5.97 Å². The lowest BCUT2D eigenvalue weighted by atomic mass is 9.82. The van der Waals surface area contributed by atoms with Gasteiger partial charge < -0.3 is 4.74 Å². The zero-order valence-electron chi connectivity index (χ0n) is 10.7. The second-order valence-corrected chi connectivity index (χ2v) is 6.39. The molecule has 15 heavy (non-hydrogen) atoms. The van der Waals surface area contributed by atoms with Gasteiger partial charge in [-0.05, 0) is 24.2 Å². The number of ether oxygens (including phenoxy) is 1. The maximum Gasteiger partial charge on any atom is 0.306 e. The molecule has 2 atom stereocenters. The molecule has 88 valence electrons. The molecule has 1 saturated heterocycles. The van der Waals surface area contributed by atoms with Gasteiger partial charge in [-0.1, -0.05) is 34.6 Å². The van der Waals surface area contributed by atoms with Crippen LogP contribution in [0.4, 0.5) is 0 Å². The molecule has 0 radical (unpaired) electrons. The first kappa shape index (κ1) is 12.5. The van der Waals surface area contributed by atoms with Gasteiger partial charge in [0.2, 0.25) is 0 Å². The summed E-state index contributed by atoms with van der Waals surface area (Å²) >= 11 is 0. The van der Waals surface area contributed by atoms with Crippen molar-refractivity contribution < 1.29 is 9.53 Å². The van der Waals surface area contributed by atoms with Crippen molar-refractivity contribution in [2.75, 3.05) is 0 Å². The fraction of sp³-hybridized carbons (Fsp3) is 0.923. The van der Waals surface area contributed by atoms with E-state index in [0.29, 0.717) is 18.3 Å². The molecular weight excluding hydrogens is 188 g/mol. The summed E-state index contributed by atoms with van der Waals surface area (Å²) in [5.41, 5.74) is 0.241. The molecule has 1 rings (SSSR count). The molecular formula is C13H24O2. The quantitative estimate of drug-likeness (QED) is 0.670. The highest BCUT2D eigenvalue weighted by Crippen LogP contribution is 2.35. The minimum Gasteiger partial charge on any atom is -0.462 e. The van der Waals surface area contributed by atoms with E-state index in [1.54, 1.807) is 0 Å². The molecule has 0 aliphatic carbocycles. The van der Waals surface area contributed by atoms with Crippen LogP contribution in [0.25, 0.3) is 0 Å². The average molecular weight is 212 g/mol. The molecule has 0 bridgehead atoms. The predicted octanol–water partition coefficient (Wildman–Crippen LogP) is 3.40. The number of carbonyl (C=O) groups is 1. The van der Waals surface area contributed by atoms with Crippen LogP contribution < -0.4 is 0 Å². The molecule has 0 N–H and O–H groups in total. The second-order valence-electron chi connectivity index (χ2n) is 6.39. The minimum absolute atomic E-state index is 0.00472. The van der Waals surface area contributed by atoms with E-state index in [0.717, 1.165) is 12.8 Å². The third-order valence-electron chi connectivity index (χ3n) is 2.83. The summed E-state index contributed by atoms with van der Waals surface area (Å²) in [5, 5.41) is 0. The third-order valence-corrected chi connectivity index (χ3v) is 2.83. The third kappa shape index (κ3) is 4.23. The number of carbonyl (C=O) groups excluding carboxylic acids is 1. The van der Waals surface area contributed by atoms with Crippen LogP contribution in [0.2, 0.25) is 0 Å². The Kier molecular flexibility index (Phi) is 3.80. The Morgan fingerprint density at radius 3 is 2.47 bits per heavy atom. The molecule has 1 aliphatic heterocycles. The van der Waals surface area contributed by atoms with Crippen molar-refractivity contribution in [3.8, 4) is 0 Å². The Labute approximate surface area is 93.4 Å². The number of esters is 1. The Bertz CT molecular complexity index is 225. The Morgan fingerprint density at radius 2 is 2.00 bits per heavy atom. The largest absolute Gasteiger partial charge is 0.462 e. The van der Waals surface area contributed by atoms with Crippen molar-refractivity contribution in [3.63, 3.8) is 0 Å². The number of hydrogen-bond donors (Lipinski definition) is 0. The lowest BCUT2D eigenvalue weighted by Crippen LogP contribution is -2.24. The fourth-order valence-corrected chi connectivity index (χ4v) is 2.31. The normalized spacial score (nSPS) is 27.2. The van der Waals surface area contributed by atoms with Crippen LogP contribution in [0.3, 0.4) is 0 Å². The van der Waals surface area contributed by atoms with E-state index >= 15 is 0 Å². The molecule has 1 aliphatic rings. The maximum atomic E-state index is 11.3. The standard InChI is InChI=1S/C13H24O2/c1-9(2)6-10-7-12(14)15-11(10)8-13(3,4)5/h9-11H,6-8H2,1-5H3. The molecule has 0 aromatic carbocycles. The summed E-state index contributed by atoms with van der Waals surface area (Å²) < 4.78 is 5.41. The summed E-state index contributed by atoms with van der Waals surface area (Å²) in [5.74, 6) is 1.08. The van der Waals surface area contributed by atoms with Gasteiger partial charge in [0.25, 0.3) is 0 Å². The zero-order chi connectivity index (χ0) is 11.6. The van der Waals surface area contributed by atoms with Gasteiger partial charge in [-0.15, -0.1) is 0 Å². The molecule has 0 amide bonds. The van der Waals surface area contributed by atoms with Gasteiger partial charge in [-0.25, -0.2) is 0 Å². The molecule has 2 nitrogen and oxygen atoms in total. The lowest BCUT2D eigenvalue weighted by Gasteiger charge is -2.26. The van der Waals surface area contributed by atoms with Crippen molar-refractivity contribution in [3.05, 3.63) is 0 Å². The Morgan fingerprint density at radius 1 is 1.40 bits per heavy atom. The highest BCUT2D eigenvalue weighted by Gasteiger charge is 2.37. The number of cyclic esters (lactones) is 1. The van der Waals surface area contributed by atoms with E-state index in [4.69, 9.17) is 4.74 Å². The van der Waals surface area contributed by atoms with Crippen LogP contribution in [-0.4, -0.2) is 12.1 Å². The molecule has 0 saturated carbocycles. The molecule has 2 unspecified atom stereocenters. The average Bonchev–Trinajstić information content (AvgIpc) is 2.25. The van der Waals surface area contributed by atoms with Crippen molar-refractivity contribution in [1.29, 1.82) is 0 Å². The van der Waals surface area contributed by atoms with Gasteiger partial charge in [-0.2, -0.15) is 0 Å². The van der Waals surface area contributed by atoms with E-state index in [1.807, 2.05) is 0 Å².